The first kappa shape index (κ1) is 14.6. The molecule has 0 aliphatic heterocycles. The van der Waals surface area contributed by atoms with Gasteiger partial charge in [0, 0.05) is 18.7 Å². The van der Waals surface area contributed by atoms with E-state index in [0.29, 0.717) is 18.7 Å². The number of rotatable bonds is 7. The maximum absolute atomic E-state index is 13.4. The molecular weight excluding hydrogens is 237 g/mol. The number of halogens is 1. The van der Waals surface area contributed by atoms with Crippen molar-refractivity contribution in [3.05, 3.63) is 35.1 Å². The van der Waals surface area contributed by atoms with E-state index < -0.39 is 11.8 Å². The van der Waals surface area contributed by atoms with E-state index in [2.05, 4.69) is 5.32 Å². The summed E-state index contributed by atoms with van der Waals surface area (Å²) in [5, 5.41) is 11.8. The van der Waals surface area contributed by atoms with Crippen LogP contribution in [-0.2, 0) is 11.3 Å². The number of benzene rings is 1. The number of carboxylic acid groups (broad SMARTS) is 1. The highest BCUT2D eigenvalue weighted by atomic mass is 19.1. The fourth-order valence-electron chi connectivity index (χ4n) is 1.43. The summed E-state index contributed by atoms with van der Waals surface area (Å²) in [5.74, 6) is -1.46. The fraction of sp³-hybridized carbons (Fsp3) is 0.462. The second kappa shape index (κ2) is 7.08. The van der Waals surface area contributed by atoms with Gasteiger partial charge in [-0.3, -0.25) is 0 Å². The van der Waals surface area contributed by atoms with Gasteiger partial charge in [0.1, 0.15) is 5.82 Å². The first-order valence-electron chi connectivity index (χ1n) is 5.84. The van der Waals surface area contributed by atoms with Gasteiger partial charge < -0.3 is 15.2 Å². The summed E-state index contributed by atoms with van der Waals surface area (Å²) in [6.45, 7) is 5.30. The van der Waals surface area contributed by atoms with E-state index in [1.54, 1.807) is 0 Å². The fourth-order valence-corrected chi connectivity index (χ4v) is 1.43. The SMILES string of the molecule is CC(C)OCCNCc1cc(C(=O)O)ccc1F. The summed E-state index contributed by atoms with van der Waals surface area (Å²) in [5.41, 5.74) is 0.436. The van der Waals surface area contributed by atoms with Crippen molar-refractivity contribution >= 4 is 5.97 Å². The lowest BCUT2D eigenvalue weighted by Crippen LogP contribution is -2.21. The number of carbonyl (C=O) groups is 1. The van der Waals surface area contributed by atoms with Crippen LogP contribution in [0.3, 0.4) is 0 Å². The van der Waals surface area contributed by atoms with Crippen molar-refractivity contribution in [2.45, 2.75) is 26.5 Å². The highest BCUT2D eigenvalue weighted by Gasteiger charge is 2.07. The topological polar surface area (TPSA) is 58.6 Å². The molecule has 0 radical (unpaired) electrons. The molecule has 0 aromatic heterocycles. The minimum Gasteiger partial charge on any atom is -0.478 e. The van der Waals surface area contributed by atoms with E-state index in [-0.39, 0.29) is 18.2 Å². The molecule has 0 unspecified atom stereocenters. The molecule has 5 heteroatoms. The molecule has 2 N–H and O–H groups in total. The van der Waals surface area contributed by atoms with Crippen LogP contribution in [0, 0.1) is 5.82 Å². The number of hydrogen-bond donors (Lipinski definition) is 2. The third kappa shape index (κ3) is 4.81. The number of ether oxygens (including phenoxy) is 1. The molecule has 0 saturated heterocycles. The van der Waals surface area contributed by atoms with Crippen LogP contribution in [0.4, 0.5) is 4.39 Å². The lowest BCUT2D eigenvalue weighted by atomic mass is 10.1. The van der Waals surface area contributed by atoms with Gasteiger partial charge in [-0.1, -0.05) is 0 Å². The molecule has 0 fully saturated rings. The zero-order chi connectivity index (χ0) is 13.5. The van der Waals surface area contributed by atoms with Gasteiger partial charge in [0.2, 0.25) is 0 Å². The monoisotopic (exact) mass is 255 g/mol. The number of hydrogen-bond acceptors (Lipinski definition) is 3. The van der Waals surface area contributed by atoms with Gasteiger partial charge in [0.25, 0.3) is 0 Å². The third-order valence-corrected chi connectivity index (χ3v) is 2.34. The van der Waals surface area contributed by atoms with Crippen LogP contribution >= 0.6 is 0 Å². The molecule has 100 valence electrons. The molecule has 1 aromatic carbocycles. The van der Waals surface area contributed by atoms with Gasteiger partial charge >= 0.3 is 5.97 Å². The van der Waals surface area contributed by atoms with Gasteiger partial charge in [-0.15, -0.1) is 0 Å². The van der Waals surface area contributed by atoms with Crippen molar-refractivity contribution in [2.75, 3.05) is 13.2 Å². The van der Waals surface area contributed by atoms with Gasteiger partial charge in [-0.25, -0.2) is 9.18 Å². The summed E-state index contributed by atoms with van der Waals surface area (Å²) in [4.78, 5) is 10.8. The van der Waals surface area contributed by atoms with Crippen LogP contribution < -0.4 is 5.32 Å². The molecule has 0 bridgehead atoms. The Morgan fingerprint density at radius 1 is 1.50 bits per heavy atom. The molecule has 18 heavy (non-hydrogen) atoms. The molecule has 0 aliphatic rings. The van der Waals surface area contributed by atoms with E-state index in [9.17, 15) is 9.18 Å². The number of carboxylic acids is 1. The molecule has 0 amide bonds. The first-order chi connectivity index (χ1) is 8.50. The van der Waals surface area contributed by atoms with Crippen molar-refractivity contribution in [1.29, 1.82) is 0 Å². The molecular formula is C13H18FNO3. The number of aromatic carboxylic acids is 1. The normalized spacial score (nSPS) is 10.9. The van der Waals surface area contributed by atoms with Crippen molar-refractivity contribution in [3.63, 3.8) is 0 Å². The maximum Gasteiger partial charge on any atom is 0.335 e. The number of nitrogens with one attached hydrogen (secondary N) is 1. The Morgan fingerprint density at radius 3 is 2.83 bits per heavy atom. The van der Waals surface area contributed by atoms with Crippen LogP contribution in [-0.4, -0.2) is 30.3 Å². The largest absolute Gasteiger partial charge is 0.478 e. The maximum atomic E-state index is 13.4. The van der Waals surface area contributed by atoms with Crippen LogP contribution in [0.15, 0.2) is 18.2 Å². The Balaban J connectivity index is 2.46. The Bertz CT molecular complexity index is 407. The molecule has 0 saturated carbocycles. The molecule has 0 heterocycles. The zero-order valence-corrected chi connectivity index (χ0v) is 10.6. The third-order valence-electron chi connectivity index (χ3n) is 2.34. The average Bonchev–Trinajstić information content (AvgIpc) is 2.30. The van der Waals surface area contributed by atoms with E-state index in [4.69, 9.17) is 9.84 Å². The summed E-state index contributed by atoms with van der Waals surface area (Å²) >= 11 is 0. The summed E-state index contributed by atoms with van der Waals surface area (Å²) in [6.07, 6.45) is 0.166. The summed E-state index contributed by atoms with van der Waals surface area (Å²) < 4.78 is 18.7. The Morgan fingerprint density at radius 2 is 2.22 bits per heavy atom. The molecule has 0 aliphatic carbocycles. The van der Waals surface area contributed by atoms with Crippen LogP contribution in [0.2, 0.25) is 0 Å². The standard InChI is InChI=1S/C13H18FNO3/c1-9(2)18-6-5-15-8-11-7-10(13(16)17)3-4-12(11)14/h3-4,7,9,15H,5-6,8H2,1-2H3,(H,16,17). The molecule has 1 aromatic rings. The molecule has 0 atom stereocenters. The average molecular weight is 255 g/mol. The van der Waals surface area contributed by atoms with Gasteiger partial charge in [0.15, 0.2) is 0 Å². The Labute approximate surface area is 106 Å². The van der Waals surface area contributed by atoms with Crippen LogP contribution in [0.1, 0.15) is 29.8 Å². The highest BCUT2D eigenvalue weighted by Crippen LogP contribution is 2.10. The predicted molar refractivity (Wildman–Crippen MR) is 66.2 cm³/mol. The smallest absolute Gasteiger partial charge is 0.335 e. The molecule has 0 spiro atoms. The molecule has 1 rings (SSSR count). The van der Waals surface area contributed by atoms with Gasteiger partial charge in [-0.05, 0) is 32.0 Å². The molecule has 4 nitrogen and oxygen atoms in total. The van der Waals surface area contributed by atoms with E-state index in [0.717, 1.165) is 0 Å². The van der Waals surface area contributed by atoms with E-state index in [1.165, 1.54) is 18.2 Å². The Kier molecular flexibility index (Phi) is 5.74. The quantitative estimate of drug-likeness (QED) is 0.732. The summed E-state index contributed by atoms with van der Waals surface area (Å²) in [7, 11) is 0. The second-order valence-electron chi connectivity index (χ2n) is 4.21. The second-order valence-corrected chi connectivity index (χ2v) is 4.21. The minimum atomic E-state index is -1.06. The first-order valence-corrected chi connectivity index (χ1v) is 5.84. The lowest BCUT2D eigenvalue weighted by molar-refractivity contribution is 0.0696. The van der Waals surface area contributed by atoms with Gasteiger partial charge in [-0.2, -0.15) is 0 Å². The minimum absolute atomic E-state index is 0.0895. The van der Waals surface area contributed by atoms with Crippen LogP contribution in [0.25, 0.3) is 0 Å². The van der Waals surface area contributed by atoms with Crippen molar-refractivity contribution in [1.82, 2.24) is 5.32 Å². The van der Waals surface area contributed by atoms with Crippen molar-refractivity contribution < 1.29 is 19.0 Å². The van der Waals surface area contributed by atoms with Crippen molar-refractivity contribution in [3.8, 4) is 0 Å². The lowest BCUT2D eigenvalue weighted by Gasteiger charge is -2.09. The predicted octanol–water partition coefficient (Wildman–Crippen LogP) is 2.04. The zero-order valence-electron chi connectivity index (χ0n) is 10.6. The van der Waals surface area contributed by atoms with Crippen LogP contribution in [0.5, 0.6) is 0 Å². The Hall–Kier alpha value is -1.46. The van der Waals surface area contributed by atoms with Crippen molar-refractivity contribution in [2.24, 2.45) is 0 Å². The highest BCUT2D eigenvalue weighted by molar-refractivity contribution is 5.87. The summed E-state index contributed by atoms with van der Waals surface area (Å²) in [6, 6.07) is 3.77. The van der Waals surface area contributed by atoms with Gasteiger partial charge in [0.05, 0.1) is 18.3 Å². The van der Waals surface area contributed by atoms with E-state index in [1.807, 2.05) is 13.8 Å². The van der Waals surface area contributed by atoms with E-state index >= 15 is 0 Å².